The van der Waals surface area contributed by atoms with E-state index in [-0.39, 0.29) is 5.02 Å². The van der Waals surface area contributed by atoms with Gasteiger partial charge in [0.25, 0.3) is 0 Å². The van der Waals surface area contributed by atoms with Crippen molar-refractivity contribution in [2.75, 3.05) is 11.1 Å². The molecule has 0 unspecified atom stereocenters. The molecule has 0 radical (unpaired) electrons. The van der Waals surface area contributed by atoms with Crippen molar-refractivity contribution in [1.29, 1.82) is 0 Å². The zero-order valence-electron chi connectivity index (χ0n) is 9.60. The van der Waals surface area contributed by atoms with E-state index in [1.807, 2.05) is 25.1 Å². The second-order valence-corrected chi connectivity index (χ2v) is 5.12. The highest BCUT2D eigenvalue weighted by Crippen LogP contribution is 2.32. The third kappa shape index (κ3) is 2.60. The first-order valence-corrected chi connectivity index (χ1v) is 6.43. The lowest BCUT2D eigenvalue weighted by Gasteiger charge is -2.13. The van der Waals surface area contributed by atoms with Crippen molar-refractivity contribution in [3.8, 4) is 0 Å². The number of hydrogen-bond acceptors (Lipinski definition) is 2. The lowest BCUT2D eigenvalue weighted by Crippen LogP contribution is -1.98. The van der Waals surface area contributed by atoms with E-state index in [0.29, 0.717) is 11.4 Å². The molecule has 5 heteroatoms. The number of nitrogen functional groups attached to an aromatic ring is 1. The average Bonchev–Trinajstić information content (AvgIpc) is 2.32. The van der Waals surface area contributed by atoms with E-state index in [2.05, 4.69) is 21.2 Å². The largest absolute Gasteiger partial charge is 0.397 e. The SMILES string of the molecule is Cc1cccc(Nc2cc(F)c(Cl)cc2N)c1Br. The first-order chi connectivity index (χ1) is 8.49. The van der Waals surface area contributed by atoms with Gasteiger partial charge in [-0.15, -0.1) is 0 Å². The molecule has 18 heavy (non-hydrogen) atoms. The summed E-state index contributed by atoms with van der Waals surface area (Å²) in [5.74, 6) is -0.503. The highest BCUT2D eigenvalue weighted by Gasteiger charge is 2.08. The highest BCUT2D eigenvalue weighted by molar-refractivity contribution is 9.10. The molecule has 0 amide bonds. The third-order valence-electron chi connectivity index (χ3n) is 2.55. The minimum absolute atomic E-state index is 0.0151. The number of aryl methyl sites for hydroxylation is 1. The van der Waals surface area contributed by atoms with Crippen LogP contribution in [-0.4, -0.2) is 0 Å². The molecule has 0 spiro atoms. The van der Waals surface area contributed by atoms with Crippen molar-refractivity contribution >= 4 is 44.6 Å². The van der Waals surface area contributed by atoms with E-state index >= 15 is 0 Å². The maximum absolute atomic E-state index is 13.4. The van der Waals surface area contributed by atoms with Crippen LogP contribution in [0.15, 0.2) is 34.8 Å². The zero-order chi connectivity index (χ0) is 13.3. The van der Waals surface area contributed by atoms with Crippen LogP contribution < -0.4 is 11.1 Å². The van der Waals surface area contributed by atoms with Crippen molar-refractivity contribution in [2.24, 2.45) is 0 Å². The minimum Gasteiger partial charge on any atom is -0.397 e. The van der Waals surface area contributed by atoms with E-state index in [1.165, 1.54) is 12.1 Å². The van der Waals surface area contributed by atoms with Crippen molar-refractivity contribution in [3.05, 3.63) is 51.2 Å². The first-order valence-electron chi connectivity index (χ1n) is 5.25. The van der Waals surface area contributed by atoms with Crippen molar-refractivity contribution in [3.63, 3.8) is 0 Å². The maximum atomic E-state index is 13.4. The fraction of sp³-hybridized carbons (Fsp3) is 0.0769. The van der Waals surface area contributed by atoms with E-state index in [4.69, 9.17) is 17.3 Å². The van der Waals surface area contributed by atoms with Gasteiger partial charge in [-0.3, -0.25) is 0 Å². The van der Waals surface area contributed by atoms with Gasteiger partial charge in [-0.1, -0.05) is 23.7 Å². The quantitative estimate of drug-likeness (QED) is 0.771. The third-order valence-corrected chi connectivity index (χ3v) is 3.90. The number of rotatable bonds is 2. The lowest BCUT2D eigenvalue weighted by atomic mass is 10.2. The molecule has 0 aliphatic rings. The molecule has 94 valence electrons. The molecule has 0 heterocycles. The van der Waals surface area contributed by atoms with Gasteiger partial charge in [0, 0.05) is 10.5 Å². The summed E-state index contributed by atoms with van der Waals surface area (Å²) in [6.45, 7) is 1.97. The summed E-state index contributed by atoms with van der Waals surface area (Å²) < 4.78 is 14.3. The Morgan fingerprint density at radius 3 is 2.72 bits per heavy atom. The van der Waals surface area contributed by atoms with Crippen molar-refractivity contribution in [2.45, 2.75) is 6.92 Å². The van der Waals surface area contributed by atoms with Crippen molar-refractivity contribution < 1.29 is 4.39 Å². The molecule has 0 aromatic heterocycles. The van der Waals surface area contributed by atoms with E-state index < -0.39 is 5.82 Å². The van der Waals surface area contributed by atoms with Gasteiger partial charge in [-0.25, -0.2) is 4.39 Å². The normalized spacial score (nSPS) is 10.4. The number of nitrogens with one attached hydrogen (secondary N) is 1. The van der Waals surface area contributed by atoms with Gasteiger partial charge in [0.1, 0.15) is 5.82 Å². The molecule has 0 fully saturated rings. The van der Waals surface area contributed by atoms with E-state index in [1.54, 1.807) is 0 Å². The average molecular weight is 330 g/mol. The van der Waals surface area contributed by atoms with Crippen LogP contribution in [0.5, 0.6) is 0 Å². The smallest absolute Gasteiger partial charge is 0.144 e. The van der Waals surface area contributed by atoms with Crippen LogP contribution in [0.3, 0.4) is 0 Å². The summed E-state index contributed by atoms with van der Waals surface area (Å²) in [7, 11) is 0. The molecule has 0 aliphatic carbocycles. The molecule has 0 atom stereocenters. The fourth-order valence-electron chi connectivity index (χ4n) is 1.56. The summed E-state index contributed by atoms with van der Waals surface area (Å²) in [6.07, 6.45) is 0. The lowest BCUT2D eigenvalue weighted by molar-refractivity contribution is 0.629. The van der Waals surface area contributed by atoms with Crippen LogP contribution in [0.1, 0.15) is 5.56 Å². The predicted octanol–water partition coefficient (Wildman–Crippen LogP) is 4.88. The number of benzene rings is 2. The summed E-state index contributed by atoms with van der Waals surface area (Å²) in [4.78, 5) is 0. The van der Waals surface area contributed by atoms with E-state index in [9.17, 15) is 4.39 Å². The summed E-state index contributed by atoms with van der Waals surface area (Å²) >= 11 is 9.13. The standard InChI is InChI=1S/C13H11BrClFN2/c1-7-3-2-4-11(13(7)14)18-12-6-9(16)8(15)5-10(12)17/h2-6,18H,17H2,1H3. The van der Waals surface area contributed by atoms with Gasteiger partial charge in [0.15, 0.2) is 0 Å². The topological polar surface area (TPSA) is 38.0 Å². The van der Waals surface area contributed by atoms with Crippen LogP contribution in [0, 0.1) is 12.7 Å². The monoisotopic (exact) mass is 328 g/mol. The van der Waals surface area contributed by atoms with Gasteiger partial charge in [-0.05, 0) is 40.5 Å². The van der Waals surface area contributed by atoms with Crippen LogP contribution in [0.4, 0.5) is 21.5 Å². The molecule has 2 aromatic rings. The number of halogens is 3. The Bertz CT molecular complexity index is 602. The molecule has 0 saturated heterocycles. The molecule has 3 N–H and O–H groups in total. The highest BCUT2D eigenvalue weighted by atomic mass is 79.9. The fourth-order valence-corrected chi connectivity index (χ4v) is 2.10. The molecule has 0 saturated carbocycles. The van der Waals surface area contributed by atoms with E-state index in [0.717, 1.165) is 15.7 Å². The molecule has 2 rings (SSSR count). The summed E-state index contributed by atoms with van der Waals surface area (Å²) in [6, 6.07) is 8.43. The van der Waals surface area contributed by atoms with Gasteiger partial charge in [0.2, 0.25) is 0 Å². The Hall–Kier alpha value is -1.26. The zero-order valence-corrected chi connectivity index (χ0v) is 11.9. The van der Waals surface area contributed by atoms with Gasteiger partial charge in [0.05, 0.1) is 22.1 Å². The number of hydrogen-bond donors (Lipinski definition) is 2. The van der Waals surface area contributed by atoms with Crippen LogP contribution in [0.2, 0.25) is 5.02 Å². The Morgan fingerprint density at radius 1 is 1.28 bits per heavy atom. The van der Waals surface area contributed by atoms with Gasteiger partial charge >= 0.3 is 0 Å². The van der Waals surface area contributed by atoms with Crippen molar-refractivity contribution in [1.82, 2.24) is 0 Å². The Morgan fingerprint density at radius 2 is 2.00 bits per heavy atom. The summed E-state index contributed by atoms with van der Waals surface area (Å²) in [5, 5.41) is 3.09. The van der Waals surface area contributed by atoms with Crippen LogP contribution in [-0.2, 0) is 0 Å². The first kappa shape index (κ1) is 13.2. The second-order valence-electron chi connectivity index (χ2n) is 3.92. The van der Waals surface area contributed by atoms with Crippen LogP contribution >= 0.6 is 27.5 Å². The summed E-state index contributed by atoms with van der Waals surface area (Å²) in [5.41, 5.74) is 8.58. The van der Waals surface area contributed by atoms with Gasteiger partial charge in [-0.2, -0.15) is 0 Å². The Kier molecular flexibility index (Phi) is 3.78. The molecule has 0 aliphatic heterocycles. The maximum Gasteiger partial charge on any atom is 0.144 e. The molecule has 2 aromatic carbocycles. The molecule has 0 bridgehead atoms. The van der Waals surface area contributed by atoms with Crippen LogP contribution in [0.25, 0.3) is 0 Å². The number of anilines is 3. The molecule has 2 nitrogen and oxygen atoms in total. The Labute approximate surface area is 118 Å². The minimum atomic E-state index is -0.503. The predicted molar refractivity (Wildman–Crippen MR) is 78.0 cm³/mol. The number of nitrogens with two attached hydrogens (primary N) is 1. The molecular weight excluding hydrogens is 319 g/mol. The molecular formula is C13H11BrClFN2. The van der Waals surface area contributed by atoms with Gasteiger partial charge < -0.3 is 11.1 Å². The Balaban J connectivity index is 2.40. The second kappa shape index (κ2) is 5.16.